The van der Waals surface area contributed by atoms with E-state index in [4.69, 9.17) is 9.47 Å². The second kappa shape index (κ2) is 6.62. The van der Waals surface area contributed by atoms with Crippen LogP contribution in [0.25, 0.3) is 6.08 Å². The predicted molar refractivity (Wildman–Crippen MR) is 78.8 cm³/mol. The van der Waals surface area contributed by atoms with E-state index in [1.807, 2.05) is 19.1 Å². The van der Waals surface area contributed by atoms with Crippen LogP contribution in [-0.4, -0.2) is 26.3 Å². The van der Waals surface area contributed by atoms with Crippen molar-refractivity contribution in [2.24, 2.45) is 0 Å². The maximum atomic E-state index is 5.52. The monoisotopic (exact) mass is 261 g/mol. The zero-order valence-electron chi connectivity index (χ0n) is 12.0. The van der Waals surface area contributed by atoms with Gasteiger partial charge < -0.3 is 14.8 Å². The van der Waals surface area contributed by atoms with Crippen LogP contribution in [0, 0.1) is 0 Å². The topological polar surface area (TPSA) is 30.5 Å². The third kappa shape index (κ3) is 4.28. The first-order valence-electron chi connectivity index (χ1n) is 6.94. The molecule has 1 aliphatic carbocycles. The van der Waals surface area contributed by atoms with Crippen LogP contribution in [0.1, 0.15) is 32.3 Å². The Kier molecular flexibility index (Phi) is 4.86. The average molecular weight is 261 g/mol. The lowest BCUT2D eigenvalue weighted by atomic mass is 10.1. The molecule has 104 valence electrons. The number of benzene rings is 1. The number of ether oxygens (including phenoxy) is 2. The molecule has 0 heterocycles. The second-order valence-electron chi connectivity index (χ2n) is 4.99. The van der Waals surface area contributed by atoms with Gasteiger partial charge in [-0.15, -0.1) is 0 Å². The highest BCUT2D eigenvalue weighted by molar-refractivity contribution is 5.58. The Hall–Kier alpha value is -1.48. The molecule has 1 aromatic carbocycles. The van der Waals surface area contributed by atoms with Crippen molar-refractivity contribution in [1.29, 1.82) is 0 Å². The number of hydrogen-bond donors (Lipinski definition) is 1. The Bertz CT molecular complexity index is 450. The van der Waals surface area contributed by atoms with Gasteiger partial charge in [-0.05, 0) is 44.4 Å². The summed E-state index contributed by atoms with van der Waals surface area (Å²) >= 11 is 0. The summed E-state index contributed by atoms with van der Waals surface area (Å²) in [6.45, 7) is 5.73. The fraction of sp³-hybridized carbons (Fsp3) is 0.500. The van der Waals surface area contributed by atoms with Crippen molar-refractivity contribution in [3.63, 3.8) is 0 Å². The molecule has 1 fully saturated rings. The Morgan fingerprint density at radius 1 is 1.37 bits per heavy atom. The molecule has 3 nitrogen and oxygen atoms in total. The number of nitrogens with one attached hydrogen (secondary N) is 1. The molecule has 1 aromatic rings. The lowest BCUT2D eigenvalue weighted by molar-refractivity contribution is 0.311. The highest BCUT2D eigenvalue weighted by atomic mass is 16.5. The highest BCUT2D eigenvalue weighted by Crippen LogP contribution is 2.28. The number of hydrogen-bond acceptors (Lipinski definition) is 3. The Morgan fingerprint density at radius 2 is 2.16 bits per heavy atom. The molecule has 0 spiro atoms. The minimum Gasteiger partial charge on any atom is -0.493 e. The normalized spacial score (nSPS) is 15.4. The van der Waals surface area contributed by atoms with Gasteiger partial charge in [-0.25, -0.2) is 0 Å². The van der Waals surface area contributed by atoms with Gasteiger partial charge >= 0.3 is 0 Å². The van der Waals surface area contributed by atoms with E-state index in [-0.39, 0.29) is 0 Å². The fourth-order valence-electron chi connectivity index (χ4n) is 1.98. The summed E-state index contributed by atoms with van der Waals surface area (Å²) in [6.07, 6.45) is 4.84. The summed E-state index contributed by atoms with van der Waals surface area (Å²) in [4.78, 5) is 0. The van der Waals surface area contributed by atoms with Crippen LogP contribution < -0.4 is 14.8 Å². The summed E-state index contributed by atoms with van der Waals surface area (Å²) in [5.74, 6) is 1.59. The Balaban J connectivity index is 2.03. The summed E-state index contributed by atoms with van der Waals surface area (Å²) < 4.78 is 10.9. The van der Waals surface area contributed by atoms with Gasteiger partial charge in [0, 0.05) is 12.6 Å². The van der Waals surface area contributed by atoms with Crippen LogP contribution >= 0.6 is 0 Å². The Labute approximate surface area is 115 Å². The van der Waals surface area contributed by atoms with Gasteiger partial charge in [-0.2, -0.15) is 0 Å². The largest absolute Gasteiger partial charge is 0.493 e. The smallest absolute Gasteiger partial charge is 0.161 e. The molecule has 0 saturated heterocycles. The first-order valence-corrected chi connectivity index (χ1v) is 6.94. The van der Waals surface area contributed by atoms with Crippen molar-refractivity contribution in [1.82, 2.24) is 5.32 Å². The molecule has 0 amide bonds. The van der Waals surface area contributed by atoms with Crippen LogP contribution in [-0.2, 0) is 0 Å². The zero-order valence-corrected chi connectivity index (χ0v) is 12.0. The summed E-state index contributed by atoms with van der Waals surface area (Å²) in [7, 11) is 1.67. The van der Waals surface area contributed by atoms with Gasteiger partial charge in [0.1, 0.15) is 0 Å². The predicted octanol–water partition coefficient (Wildman–Crippen LogP) is 3.25. The third-order valence-corrected chi connectivity index (χ3v) is 3.15. The van der Waals surface area contributed by atoms with Crippen molar-refractivity contribution >= 4 is 6.08 Å². The summed E-state index contributed by atoms with van der Waals surface area (Å²) in [5, 5.41) is 3.51. The molecule has 0 radical (unpaired) electrons. The van der Waals surface area contributed by atoms with Crippen molar-refractivity contribution in [2.75, 3.05) is 20.3 Å². The molecule has 19 heavy (non-hydrogen) atoms. The van der Waals surface area contributed by atoms with Gasteiger partial charge in [0.15, 0.2) is 11.5 Å². The van der Waals surface area contributed by atoms with E-state index in [1.165, 1.54) is 18.4 Å². The minimum atomic E-state index is 0.649. The molecule has 1 saturated carbocycles. The molecule has 0 atom stereocenters. The Morgan fingerprint density at radius 3 is 2.79 bits per heavy atom. The molecular weight excluding hydrogens is 238 g/mol. The van der Waals surface area contributed by atoms with Gasteiger partial charge in [0.2, 0.25) is 0 Å². The van der Waals surface area contributed by atoms with Crippen LogP contribution in [0.4, 0.5) is 0 Å². The van der Waals surface area contributed by atoms with E-state index in [1.54, 1.807) is 7.11 Å². The van der Waals surface area contributed by atoms with E-state index in [9.17, 15) is 0 Å². The van der Waals surface area contributed by atoms with Gasteiger partial charge in [-0.1, -0.05) is 17.7 Å². The molecule has 0 unspecified atom stereocenters. The van der Waals surface area contributed by atoms with Crippen LogP contribution in [0.15, 0.2) is 23.8 Å². The number of methoxy groups -OCH3 is 1. The zero-order chi connectivity index (χ0) is 13.7. The maximum absolute atomic E-state index is 5.52. The molecule has 3 heteroatoms. The van der Waals surface area contributed by atoms with E-state index < -0.39 is 0 Å². The summed E-state index contributed by atoms with van der Waals surface area (Å²) in [6, 6.07) is 6.80. The van der Waals surface area contributed by atoms with Gasteiger partial charge in [0.25, 0.3) is 0 Å². The molecule has 0 aliphatic heterocycles. The van der Waals surface area contributed by atoms with Crippen LogP contribution in [0.5, 0.6) is 11.5 Å². The first kappa shape index (κ1) is 13.9. The van der Waals surface area contributed by atoms with Gasteiger partial charge in [-0.3, -0.25) is 0 Å². The average Bonchev–Trinajstić information content (AvgIpc) is 3.22. The minimum absolute atomic E-state index is 0.649. The molecule has 1 aliphatic rings. The fourth-order valence-corrected chi connectivity index (χ4v) is 1.98. The van der Waals surface area contributed by atoms with Crippen molar-refractivity contribution in [2.45, 2.75) is 32.7 Å². The van der Waals surface area contributed by atoms with E-state index in [0.717, 1.165) is 29.6 Å². The summed E-state index contributed by atoms with van der Waals surface area (Å²) in [5.41, 5.74) is 2.48. The second-order valence-corrected chi connectivity index (χ2v) is 4.99. The highest BCUT2D eigenvalue weighted by Gasteiger charge is 2.19. The van der Waals surface area contributed by atoms with E-state index in [0.29, 0.717) is 6.61 Å². The first-order chi connectivity index (χ1) is 9.22. The van der Waals surface area contributed by atoms with Crippen molar-refractivity contribution in [3.8, 4) is 11.5 Å². The standard InChI is InChI=1S/C16H23NO2/c1-4-19-15-8-5-13(10-16(15)18-3)9-12(2)11-17-14-6-7-14/h5,8-10,14,17H,4,6-7,11H2,1-3H3. The van der Waals surface area contributed by atoms with Crippen LogP contribution in [0.3, 0.4) is 0 Å². The quantitative estimate of drug-likeness (QED) is 0.817. The van der Waals surface area contributed by atoms with Crippen molar-refractivity contribution < 1.29 is 9.47 Å². The SMILES string of the molecule is CCOc1ccc(C=C(C)CNC2CC2)cc1OC. The van der Waals surface area contributed by atoms with E-state index in [2.05, 4.69) is 24.4 Å². The molecule has 1 N–H and O–H groups in total. The lowest BCUT2D eigenvalue weighted by Crippen LogP contribution is -2.18. The number of rotatable bonds is 7. The molecule has 2 rings (SSSR count). The molecule has 0 aromatic heterocycles. The maximum Gasteiger partial charge on any atom is 0.161 e. The third-order valence-electron chi connectivity index (χ3n) is 3.15. The van der Waals surface area contributed by atoms with E-state index >= 15 is 0 Å². The van der Waals surface area contributed by atoms with Crippen molar-refractivity contribution in [3.05, 3.63) is 29.3 Å². The molecular formula is C16H23NO2. The van der Waals surface area contributed by atoms with Gasteiger partial charge in [0.05, 0.1) is 13.7 Å². The molecule has 0 bridgehead atoms. The van der Waals surface area contributed by atoms with Crippen LogP contribution in [0.2, 0.25) is 0 Å². The lowest BCUT2D eigenvalue weighted by Gasteiger charge is -2.10.